The van der Waals surface area contributed by atoms with Crippen LogP contribution in [0.4, 0.5) is 17.6 Å². The molecule has 24 heavy (non-hydrogen) atoms. The molecule has 0 bridgehead atoms. The smallest absolute Gasteiger partial charge is 0.312 e. The molecule has 0 N–H and O–H groups in total. The zero-order valence-corrected chi connectivity index (χ0v) is 13.6. The molecule has 0 aliphatic heterocycles. The molecule has 7 heteroatoms. The van der Waals surface area contributed by atoms with Gasteiger partial charge in [0, 0.05) is 7.11 Å². The fourth-order valence-corrected chi connectivity index (χ4v) is 2.57. The summed E-state index contributed by atoms with van der Waals surface area (Å²) in [6, 6.07) is 0. The zero-order chi connectivity index (χ0) is 18.1. The number of methoxy groups -OCH3 is 1. The van der Waals surface area contributed by atoms with E-state index in [1.165, 1.54) is 0 Å². The Morgan fingerprint density at radius 1 is 1.12 bits per heavy atom. The van der Waals surface area contributed by atoms with Crippen LogP contribution in [0.2, 0.25) is 0 Å². The predicted octanol–water partition coefficient (Wildman–Crippen LogP) is 4.03. The number of rotatable bonds is 6. The van der Waals surface area contributed by atoms with Crippen LogP contribution in [0.15, 0.2) is 12.2 Å². The molecule has 2 unspecified atom stereocenters. The van der Waals surface area contributed by atoms with E-state index in [4.69, 9.17) is 4.74 Å². The average Bonchev–Trinajstić information content (AvgIpc) is 3.21. The summed E-state index contributed by atoms with van der Waals surface area (Å²) in [5.41, 5.74) is -2.57. The zero-order valence-electron chi connectivity index (χ0n) is 13.6. The lowest BCUT2D eigenvalue weighted by molar-refractivity contribution is -0.151. The van der Waals surface area contributed by atoms with E-state index in [0.29, 0.717) is 6.42 Å². The Kier molecular flexibility index (Phi) is 5.32. The molecule has 1 saturated carbocycles. The number of ether oxygens (including phenoxy) is 2. The van der Waals surface area contributed by atoms with Crippen LogP contribution in [0, 0.1) is 34.6 Å². The first-order chi connectivity index (χ1) is 11.3. The molecule has 1 aliphatic carbocycles. The number of halogens is 4. The second-order valence-corrected chi connectivity index (χ2v) is 5.98. The van der Waals surface area contributed by atoms with Crippen LogP contribution in [0.5, 0.6) is 0 Å². The van der Waals surface area contributed by atoms with Crippen molar-refractivity contribution in [2.75, 3.05) is 7.11 Å². The Morgan fingerprint density at radius 3 is 2.08 bits per heavy atom. The van der Waals surface area contributed by atoms with Gasteiger partial charge in [0.2, 0.25) is 0 Å². The summed E-state index contributed by atoms with van der Waals surface area (Å²) in [7, 11) is 1.14. The summed E-state index contributed by atoms with van der Waals surface area (Å²) in [4.78, 5) is 12.0. The van der Waals surface area contributed by atoms with Crippen molar-refractivity contribution < 1.29 is 31.8 Å². The topological polar surface area (TPSA) is 35.5 Å². The molecule has 1 fully saturated rings. The maximum Gasteiger partial charge on any atom is 0.312 e. The quantitative estimate of drug-likeness (QED) is 0.338. The van der Waals surface area contributed by atoms with Gasteiger partial charge in [0.05, 0.1) is 23.1 Å². The van der Waals surface area contributed by atoms with Crippen LogP contribution < -0.4 is 0 Å². The lowest BCUT2D eigenvalue weighted by Gasteiger charge is -2.14. The van der Waals surface area contributed by atoms with Gasteiger partial charge in [-0.3, -0.25) is 4.79 Å². The largest absolute Gasteiger partial charge is 0.460 e. The van der Waals surface area contributed by atoms with Crippen LogP contribution in [-0.2, 0) is 27.5 Å². The summed E-state index contributed by atoms with van der Waals surface area (Å²) < 4.78 is 64.9. The first-order valence-corrected chi connectivity index (χ1v) is 7.40. The van der Waals surface area contributed by atoms with Gasteiger partial charge in [-0.2, -0.15) is 0 Å². The van der Waals surface area contributed by atoms with Crippen molar-refractivity contribution in [2.24, 2.45) is 11.3 Å². The van der Waals surface area contributed by atoms with Gasteiger partial charge in [-0.1, -0.05) is 12.2 Å². The molecule has 0 aromatic heterocycles. The van der Waals surface area contributed by atoms with E-state index in [0.717, 1.165) is 7.11 Å². The Morgan fingerprint density at radius 2 is 1.62 bits per heavy atom. The number of benzene rings is 1. The first-order valence-electron chi connectivity index (χ1n) is 7.40. The molecule has 0 saturated heterocycles. The van der Waals surface area contributed by atoms with Gasteiger partial charge in [-0.05, 0) is 26.2 Å². The van der Waals surface area contributed by atoms with E-state index in [9.17, 15) is 22.4 Å². The third-order valence-corrected chi connectivity index (χ3v) is 4.27. The van der Waals surface area contributed by atoms with E-state index in [-0.39, 0.29) is 5.92 Å². The van der Waals surface area contributed by atoms with Crippen LogP contribution in [0.3, 0.4) is 0 Å². The summed E-state index contributed by atoms with van der Waals surface area (Å²) in [5, 5.41) is 0. The normalized spacial score (nSPS) is 22.9. The SMILES string of the molecule is CC=CC1CC1(C)C(=O)OCc1c(F)c(F)c(COC)c(F)c1F. The molecule has 2 atom stereocenters. The maximum atomic E-state index is 13.9. The highest BCUT2D eigenvalue weighted by atomic mass is 19.2. The Bertz CT molecular complexity index is 658. The van der Waals surface area contributed by atoms with Crippen molar-refractivity contribution in [3.8, 4) is 0 Å². The van der Waals surface area contributed by atoms with Crippen molar-refractivity contribution in [2.45, 2.75) is 33.5 Å². The lowest BCUT2D eigenvalue weighted by Crippen LogP contribution is -2.19. The minimum absolute atomic E-state index is 0.0118. The van der Waals surface area contributed by atoms with Crippen molar-refractivity contribution >= 4 is 5.97 Å². The van der Waals surface area contributed by atoms with Crippen LogP contribution in [0.25, 0.3) is 0 Å². The number of hydrogen-bond donors (Lipinski definition) is 0. The second kappa shape index (κ2) is 6.93. The number of carbonyl (C=O) groups excluding carboxylic acids is 1. The predicted molar refractivity (Wildman–Crippen MR) is 77.8 cm³/mol. The number of carbonyl (C=O) groups is 1. The van der Waals surface area contributed by atoms with E-state index >= 15 is 0 Å². The van der Waals surface area contributed by atoms with Crippen LogP contribution in [0.1, 0.15) is 31.4 Å². The van der Waals surface area contributed by atoms with Crippen molar-refractivity contribution in [3.05, 3.63) is 46.5 Å². The third kappa shape index (κ3) is 3.17. The number of hydrogen-bond acceptors (Lipinski definition) is 3. The summed E-state index contributed by atoms with van der Waals surface area (Å²) in [5.74, 6) is -6.94. The minimum Gasteiger partial charge on any atom is -0.460 e. The van der Waals surface area contributed by atoms with Gasteiger partial charge in [0.15, 0.2) is 23.3 Å². The molecule has 2 rings (SSSR count). The fraction of sp³-hybridized carbons (Fsp3) is 0.471. The van der Waals surface area contributed by atoms with Gasteiger partial charge in [-0.15, -0.1) is 0 Å². The summed E-state index contributed by atoms with van der Waals surface area (Å²) >= 11 is 0. The molecular weight excluding hydrogens is 328 g/mol. The highest BCUT2D eigenvalue weighted by Gasteiger charge is 2.55. The van der Waals surface area contributed by atoms with E-state index < -0.39 is 59.0 Å². The highest BCUT2D eigenvalue weighted by molar-refractivity contribution is 5.80. The number of esters is 1. The van der Waals surface area contributed by atoms with E-state index in [1.54, 1.807) is 13.0 Å². The van der Waals surface area contributed by atoms with E-state index in [2.05, 4.69) is 4.74 Å². The second-order valence-electron chi connectivity index (χ2n) is 5.98. The monoisotopic (exact) mass is 346 g/mol. The van der Waals surface area contributed by atoms with E-state index in [1.807, 2.05) is 13.0 Å². The van der Waals surface area contributed by atoms with Gasteiger partial charge >= 0.3 is 5.97 Å². The first kappa shape index (κ1) is 18.4. The summed E-state index contributed by atoms with van der Waals surface area (Å²) in [6.45, 7) is 1.97. The third-order valence-electron chi connectivity index (χ3n) is 4.27. The minimum atomic E-state index is -1.58. The highest BCUT2D eigenvalue weighted by Crippen LogP contribution is 2.54. The molecule has 1 aromatic carbocycles. The molecule has 0 radical (unpaired) electrons. The van der Waals surface area contributed by atoms with Crippen molar-refractivity contribution in [1.82, 2.24) is 0 Å². The molecule has 0 spiro atoms. The van der Waals surface area contributed by atoms with Crippen molar-refractivity contribution in [1.29, 1.82) is 0 Å². The fourth-order valence-electron chi connectivity index (χ4n) is 2.57. The van der Waals surface area contributed by atoms with Crippen LogP contribution in [-0.4, -0.2) is 13.1 Å². The molecule has 0 amide bonds. The molecule has 132 valence electrons. The average molecular weight is 346 g/mol. The van der Waals surface area contributed by atoms with Crippen LogP contribution >= 0.6 is 0 Å². The molecule has 0 heterocycles. The maximum absolute atomic E-state index is 13.9. The van der Waals surface area contributed by atoms with Gasteiger partial charge in [-0.25, -0.2) is 17.6 Å². The van der Waals surface area contributed by atoms with Crippen molar-refractivity contribution in [3.63, 3.8) is 0 Å². The van der Waals surface area contributed by atoms with Gasteiger partial charge < -0.3 is 9.47 Å². The Labute approximate surface area is 137 Å². The molecular formula is C17H18F4O3. The Hall–Kier alpha value is -1.89. The standard InChI is InChI=1S/C17H18F4O3/c1-4-5-9-6-17(9,2)16(22)24-8-11-14(20)12(18)10(7-23-3)13(19)15(11)21/h4-5,9H,6-8H2,1-3H3. The molecule has 1 aliphatic rings. The molecule has 1 aromatic rings. The Balaban J connectivity index is 2.18. The van der Waals surface area contributed by atoms with Gasteiger partial charge in [0.1, 0.15) is 6.61 Å². The van der Waals surface area contributed by atoms with Gasteiger partial charge in [0.25, 0.3) is 0 Å². The number of allylic oxidation sites excluding steroid dienone is 2. The lowest BCUT2D eigenvalue weighted by atomic mass is 10.1. The molecule has 3 nitrogen and oxygen atoms in total. The summed E-state index contributed by atoms with van der Waals surface area (Å²) in [6.07, 6.45) is 4.18.